The number of benzene rings is 1. The molecule has 0 aromatic heterocycles. The molecule has 0 aliphatic heterocycles. The highest BCUT2D eigenvalue weighted by Gasteiger charge is 2.18. The molecule has 0 radical (unpaired) electrons. The van der Waals surface area contributed by atoms with Crippen molar-refractivity contribution in [3.63, 3.8) is 0 Å². The first-order valence-corrected chi connectivity index (χ1v) is 7.28. The van der Waals surface area contributed by atoms with Crippen LogP contribution in [0.4, 0.5) is 0 Å². The van der Waals surface area contributed by atoms with E-state index in [4.69, 9.17) is 0 Å². The van der Waals surface area contributed by atoms with Crippen LogP contribution >= 0.6 is 0 Å². The van der Waals surface area contributed by atoms with Crippen LogP contribution in [-0.4, -0.2) is 0 Å². The second-order valence-electron chi connectivity index (χ2n) is 6.69. The van der Waals surface area contributed by atoms with E-state index in [-0.39, 0.29) is 5.41 Å². The molecule has 0 amide bonds. The topological polar surface area (TPSA) is 0 Å². The lowest BCUT2D eigenvalue weighted by atomic mass is 9.80. The summed E-state index contributed by atoms with van der Waals surface area (Å²) < 4.78 is 0. The number of hydrogen-bond donors (Lipinski definition) is 0. The van der Waals surface area contributed by atoms with Crippen molar-refractivity contribution in [2.75, 3.05) is 0 Å². The Morgan fingerprint density at radius 1 is 1.00 bits per heavy atom. The molecule has 1 fully saturated rings. The Balaban J connectivity index is 2.11. The average molecular weight is 242 g/mol. The van der Waals surface area contributed by atoms with Crippen molar-refractivity contribution in [2.45, 2.75) is 58.3 Å². The Morgan fingerprint density at radius 2 is 1.56 bits per heavy atom. The average Bonchev–Trinajstić information content (AvgIpc) is 2.38. The molecule has 18 heavy (non-hydrogen) atoms. The highest BCUT2D eigenvalue weighted by molar-refractivity contribution is 5.65. The van der Waals surface area contributed by atoms with Gasteiger partial charge in [-0.3, -0.25) is 0 Å². The minimum atomic E-state index is 0.241. The smallest absolute Gasteiger partial charge is 0.0132 e. The van der Waals surface area contributed by atoms with Gasteiger partial charge in [-0.1, -0.05) is 70.9 Å². The van der Waals surface area contributed by atoms with E-state index in [9.17, 15) is 0 Å². The molecule has 0 N–H and O–H groups in total. The maximum Gasteiger partial charge on any atom is -0.0132 e. The van der Waals surface area contributed by atoms with Crippen molar-refractivity contribution in [1.82, 2.24) is 0 Å². The van der Waals surface area contributed by atoms with Crippen molar-refractivity contribution < 1.29 is 0 Å². The first kappa shape index (κ1) is 13.4. The fourth-order valence-electron chi connectivity index (χ4n) is 2.87. The molecule has 1 aromatic carbocycles. The van der Waals surface area contributed by atoms with Crippen molar-refractivity contribution >= 4 is 5.57 Å². The Kier molecular flexibility index (Phi) is 3.94. The zero-order valence-electron chi connectivity index (χ0n) is 12.1. The summed E-state index contributed by atoms with van der Waals surface area (Å²) in [6.45, 7) is 11.1. The molecule has 0 atom stereocenters. The third-order valence-electron chi connectivity index (χ3n) is 4.22. The molecule has 1 saturated carbocycles. The van der Waals surface area contributed by atoms with Gasteiger partial charge >= 0.3 is 0 Å². The monoisotopic (exact) mass is 242 g/mol. The van der Waals surface area contributed by atoms with Crippen LogP contribution in [0.5, 0.6) is 0 Å². The maximum absolute atomic E-state index is 4.34. The first-order valence-electron chi connectivity index (χ1n) is 7.28. The minimum absolute atomic E-state index is 0.241. The summed E-state index contributed by atoms with van der Waals surface area (Å²) >= 11 is 0. The van der Waals surface area contributed by atoms with Gasteiger partial charge in [-0.2, -0.15) is 0 Å². The highest BCUT2D eigenvalue weighted by atomic mass is 14.2. The summed E-state index contributed by atoms with van der Waals surface area (Å²) in [5.74, 6) is 0.722. The quantitative estimate of drug-likeness (QED) is 0.635. The van der Waals surface area contributed by atoms with Crippen molar-refractivity contribution in [1.29, 1.82) is 0 Å². The Hall–Kier alpha value is -1.04. The normalized spacial score (nSPS) is 17.7. The summed E-state index contributed by atoms with van der Waals surface area (Å²) in [5, 5.41) is 0. The summed E-state index contributed by atoms with van der Waals surface area (Å²) in [6.07, 6.45) is 6.83. The predicted octanol–water partition coefficient (Wildman–Crippen LogP) is 5.58. The van der Waals surface area contributed by atoms with Crippen molar-refractivity contribution in [3.8, 4) is 0 Å². The SMILES string of the molecule is C=C(c1ccc(C(C)(C)C)cc1)C1CCCCC1. The van der Waals surface area contributed by atoms with Crippen molar-refractivity contribution in [3.05, 3.63) is 42.0 Å². The fourth-order valence-corrected chi connectivity index (χ4v) is 2.87. The molecule has 0 bridgehead atoms. The van der Waals surface area contributed by atoms with Gasteiger partial charge in [-0.25, -0.2) is 0 Å². The lowest BCUT2D eigenvalue weighted by Gasteiger charge is -2.25. The van der Waals surface area contributed by atoms with Crippen LogP contribution in [0.15, 0.2) is 30.8 Å². The van der Waals surface area contributed by atoms with Gasteiger partial charge in [-0.05, 0) is 40.9 Å². The first-order chi connectivity index (χ1) is 8.48. The molecule has 0 heteroatoms. The van der Waals surface area contributed by atoms with E-state index in [1.165, 1.54) is 48.8 Å². The van der Waals surface area contributed by atoms with E-state index >= 15 is 0 Å². The van der Waals surface area contributed by atoms with Gasteiger partial charge in [0.05, 0.1) is 0 Å². The van der Waals surface area contributed by atoms with Gasteiger partial charge < -0.3 is 0 Å². The van der Waals surface area contributed by atoms with Gasteiger partial charge in [0.15, 0.2) is 0 Å². The molecule has 0 saturated heterocycles. The van der Waals surface area contributed by atoms with E-state index < -0.39 is 0 Å². The zero-order chi connectivity index (χ0) is 13.2. The van der Waals surface area contributed by atoms with Gasteiger partial charge in [0.1, 0.15) is 0 Å². The van der Waals surface area contributed by atoms with Gasteiger partial charge in [0, 0.05) is 0 Å². The van der Waals surface area contributed by atoms with Crippen LogP contribution < -0.4 is 0 Å². The molecule has 0 unspecified atom stereocenters. The summed E-state index contributed by atoms with van der Waals surface area (Å²) in [5.41, 5.74) is 4.35. The van der Waals surface area contributed by atoms with E-state index in [0.717, 1.165) is 5.92 Å². The second kappa shape index (κ2) is 5.30. The van der Waals surface area contributed by atoms with Crippen LogP contribution in [0, 0.1) is 5.92 Å². The third-order valence-corrected chi connectivity index (χ3v) is 4.22. The van der Waals surface area contributed by atoms with E-state index in [2.05, 4.69) is 51.6 Å². The Morgan fingerprint density at radius 3 is 2.06 bits per heavy atom. The predicted molar refractivity (Wildman–Crippen MR) is 80.8 cm³/mol. The molecule has 1 aliphatic rings. The van der Waals surface area contributed by atoms with Crippen LogP contribution in [-0.2, 0) is 5.41 Å². The Bertz CT molecular complexity index is 397. The van der Waals surface area contributed by atoms with E-state index in [1.807, 2.05) is 0 Å². The van der Waals surface area contributed by atoms with Crippen LogP contribution in [0.1, 0.15) is 64.0 Å². The van der Waals surface area contributed by atoms with Gasteiger partial charge in [0.25, 0.3) is 0 Å². The van der Waals surface area contributed by atoms with Crippen molar-refractivity contribution in [2.24, 2.45) is 5.92 Å². The molecule has 98 valence electrons. The Labute approximate surface area is 112 Å². The minimum Gasteiger partial charge on any atom is -0.0950 e. The van der Waals surface area contributed by atoms with Crippen LogP contribution in [0.3, 0.4) is 0 Å². The molecule has 0 heterocycles. The molecule has 0 spiro atoms. The molecule has 2 rings (SSSR count). The van der Waals surface area contributed by atoms with E-state index in [0.29, 0.717) is 0 Å². The zero-order valence-corrected chi connectivity index (χ0v) is 12.1. The van der Waals surface area contributed by atoms with Gasteiger partial charge in [-0.15, -0.1) is 0 Å². The molecular formula is C18H26. The molecular weight excluding hydrogens is 216 g/mol. The fraction of sp³-hybridized carbons (Fsp3) is 0.556. The summed E-state index contributed by atoms with van der Waals surface area (Å²) in [6, 6.07) is 9.06. The number of rotatable bonds is 2. The van der Waals surface area contributed by atoms with E-state index in [1.54, 1.807) is 0 Å². The lowest BCUT2D eigenvalue weighted by Crippen LogP contribution is -2.11. The largest absolute Gasteiger partial charge is 0.0950 e. The second-order valence-corrected chi connectivity index (χ2v) is 6.69. The standard InChI is InChI=1S/C18H26/c1-14(15-8-6-5-7-9-15)16-10-12-17(13-11-16)18(2,3)4/h10-13,15H,1,5-9H2,2-4H3. The summed E-state index contributed by atoms with van der Waals surface area (Å²) in [7, 11) is 0. The summed E-state index contributed by atoms with van der Waals surface area (Å²) in [4.78, 5) is 0. The van der Waals surface area contributed by atoms with Gasteiger partial charge in [0.2, 0.25) is 0 Å². The van der Waals surface area contributed by atoms with Crippen LogP contribution in [0.2, 0.25) is 0 Å². The van der Waals surface area contributed by atoms with Crippen LogP contribution in [0.25, 0.3) is 5.57 Å². The highest BCUT2D eigenvalue weighted by Crippen LogP contribution is 2.34. The third kappa shape index (κ3) is 3.04. The maximum atomic E-state index is 4.34. The number of hydrogen-bond acceptors (Lipinski definition) is 0. The molecule has 1 aliphatic carbocycles. The molecule has 1 aromatic rings. The lowest BCUT2D eigenvalue weighted by molar-refractivity contribution is 0.430. The molecule has 0 nitrogen and oxygen atoms in total. The number of allylic oxidation sites excluding steroid dienone is 1.